The number of hydrogen-bond donors (Lipinski definition) is 0. The monoisotopic (exact) mass is 184 g/mol. The van der Waals surface area contributed by atoms with Gasteiger partial charge in [0.15, 0.2) is 11.6 Å². The Hall–Kier alpha value is -1.22. The molecule has 0 heterocycles. The SMILES string of the molecule is C=CCOCc1ccc(F)c(F)c1. The van der Waals surface area contributed by atoms with Crippen molar-refractivity contribution in [3.05, 3.63) is 48.1 Å². The van der Waals surface area contributed by atoms with Crippen molar-refractivity contribution < 1.29 is 13.5 Å². The third-order valence-electron chi connectivity index (χ3n) is 1.49. The summed E-state index contributed by atoms with van der Waals surface area (Å²) in [5.41, 5.74) is 0.612. The summed E-state index contributed by atoms with van der Waals surface area (Å²) in [5.74, 6) is -1.69. The Kier molecular flexibility index (Phi) is 3.58. The molecule has 0 saturated carbocycles. The first-order valence-corrected chi connectivity index (χ1v) is 3.86. The van der Waals surface area contributed by atoms with Crippen molar-refractivity contribution in [1.82, 2.24) is 0 Å². The molecule has 0 aromatic heterocycles. The maximum Gasteiger partial charge on any atom is 0.159 e. The van der Waals surface area contributed by atoms with Gasteiger partial charge >= 0.3 is 0 Å². The molecule has 0 fully saturated rings. The highest BCUT2D eigenvalue weighted by atomic mass is 19.2. The van der Waals surface area contributed by atoms with Crippen molar-refractivity contribution in [1.29, 1.82) is 0 Å². The molecule has 1 aromatic rings. The summed E-state index contributed by atoms with van der Waals surface area (Å²) >= 11 is 0. The third kappa shape index (κ3) is 2.95. The van der Waals surface area contributed by atoms with Crippen molar-refractivity contribution >= 4 is 0 Å². The summed E-state index contributed by atoms with van der Waals surface area (Å²) in [4.78, 5) is 0. The molecule has 0 amide bonds. The molecule has 0 aliphatic rings. The summed E-state index contributed by atoms with van der Waals surface area (Å²) in [6.45, 7) is 4.13. The summed E-state index contributed by atoms with van der Waals surface area (Å²) in [6.07, 6.45) is 1.60. The van der Waals surface area contributed by atoms with E-state index in [0.29, 0.717) is 12.2 Å². The van der Waals surface area contributed by atoms with E-state index in [1.807, 2.05) is 0 Å². The van der Waals surface area contributed by atoms with Crippen LogP contribution in [0.25, 0.3) is 0 Å². The Morgan fingerprint density at radius 1 is 1.31 bits per heavy atom. The molecule has 0 spiro atoms. The van der Waals surface area contributed by atoms with Gasteiger partial charge < -0.3 is 4.74 Å². The lowest BCUT2D eigenvalue weighted by molar-refractivity contribution is 0.148. The minimum Gasteiger partial charge on any atom is -0.373 e. The Labute approximate surface area is 75.6 Å². The van der Waals surface area contributed by atoms with E-state index in [0.717, 1.165) is 12.1 Å². The van der Waals surface area contributed by atoms with Crippen LogP contribution in [0, 0.1) is 11.6 Å². The normalized spacial score (nSPS) is 10.0. The van der Waals surface area contributed by atoms with Crippen molar-refractivity contribution in [2.75, 3.05) is 6.61 Å². The molecule has 1 aromatic carbocycles. The first kappa shape index (κ1) is 9.86. The average molecular weight is 184 g/mol. The third-order valence-corrected chi connectivity index (χ3v) is 1.49. The van der Waals surface area contributed by atoms with Gasteiger partial charge in [0.25, 0.3) is 0 Å². The zero-order valence-electron chi connectivity index (χ0n) is 7.09. The van der Waals surface area contributed by atoms with Crippen LogP contribution in [0.3, 0.4) is 0 Å². The predicted molar refractivity (Wildman–Crippen MR) is 46.2 cm³/mol. The van der Waals surface area contributed by atoms with Gasteiger partial charge in [0, 0.05) is 0 Å². The van der Waals surface area contributed by atoms with Crippen LogP contribution in [0.1, 0.15) is 5.56 Å². The second-order valence-corrected chi connectivity index (χ2v) is 2.55. The molecule has 3 heteroatoms. The van der Waals surface area contributed by atoms with Crippen LogP contribution in [0.2, 0.25) is 0 Å². The molecule has 0 N–H and O–H groups in total. The number of ether oxygens (including phenoxy) is 1. The van der Waals surface area contributed by atoms with Crippen LogP contribution >= 0.6 is 0 Å². The number of halogens is 2. The van der Waals surface area contributed by atoms with Gasteiger partial charge in [-0.05, 0) is 17.7 Å². The molecular formula is C10H10F2O. The topological polar surface area (TPSA) is 9.23 Å². The molecule has 1 rings (SSSR count). The van der Waals surface area contributed by atoms with Gasteiger partial charge in [-0.15, -0.1) is 6.58 Å². The van der Waals surface area contributed by atoms with Crippen molar-refractivity contribution in [2.24, 2.45) is 0 Å². The summed E-state index contributed by atoms with van der Waals surface area (Å²) in [5, 5.41) is 0. The Bertz CT molecular complexity index is 297. The summed E-state index contributed by atoms with van der Waals surface area (Å²) < 4.78 is 30.1. The Balaban J connectivity index is 2.57. The van der Waals surface area contributed by atoms with Crippen LogP contribution in [0.15, 0.2) is 30.9 Å². The van der Waals surface area contributed by atoms with E-state index in [4.69, 9.17) is 4.74 Å². The highest BCUT2D eigenvalue weighted by Crippen LogP contribution is 2.09. The molecule has 70 valence electrons. The number of rotatable bonds is 4. The number of hydrogen-bond acceptors (Lipinski definition) is 1. The predicted octanol–water partition coefficient (Wildman–Crippen LogP) is 2.67. The first-order chi connectivity index (χ1) is 6.24. The van der Waals surface area contributed by atoms with E-state index in [-0.39, 0.29) is 6.61 Å². The van der Waals surface area contributed by atoms with Crippen LogP contribution in [-0.4, -0.2) is 6.61 Å². The molecule has 0 aliphatic carbocycles. The average Bonchev–Trinajstić information content (AvgIpc) is 2.12. The minimum atomic E-state index is -0.847. The van der Waals surface area contributed by atoms with E-state index in [1.54, 1.807) is 6.08 Å². The van der Waals surface area contributed by atoms with E-state index in [1.165, 1.54) is 6.07 Å². The molecule has 0 radical (unpaired) electrons. The van der Waals surface area contributed by atoms with E-state index in [9.17, 15) is 8.78 Å². The molecular weight excluding hydrogens is 174 g/mol. The van der Waals surface area contributed by atoms with Crippen LogP contribution in [0.5, 0.6) is 0 Å². The fourth-order valence-electron chi connectivity index (χ4n) is 0.890. The largest absolute Gasteiger partial charge is 0.373 e. The lowest BCUT2D eigenvalue weighted by atomic mass is 10.2. The van der Waals surface area contributed by atoms with Gasteiger partial charge in [0.1, 0.15) is 0 Å². The van der Waals surface area contributed by atoms with Gasteiger partial charge in [0.2, 0.25) is 0 Å². The maximum absolute atomic E-state index is 12.6. The standard InChI is InChI=1S/C10H10F2O/c1-2-5-13-7-8-3-4-9(11)10(12)6-8/h2-4,6H,1,5,7H2. The van der Waals surface area contributed by atoms with Crippen molar-refractivity contribution in [3.8, 4) is 0 Å². The van der Waals surface area contributed by atoms with E-state index < -0.39 is 11.6 Å². The lowest BCUT2D eigenvalue weighted by Crippen LogP contribution is -1.94. The Morgan fingerprint density at radius 2 is 2.08 bits per heavy atom. The summed E-state index contributed by atoms with van der Waals surface area (Å²) in [6, 6.07) is 3.70. The summed E-state index contributed by atoms with van der Waals surface area (Å²) in [7, 11) is 0. The fourth-order valence-corrected chi connectivity index (χ4v) is 0.890. The smallest absolute Gasteiger partial charge is 0.159 e. The fraction of sp³-hybridized carbons (Fsp3) is 0.200. The van der Waals surface area contributed by atoms with Crippen LogP contribution in [0.4, 0.5) is 8.78 Å². The lowest BCUT2D eigenvalue weighted by Gasteiger charge is -2.01. The minimum absolute atomic E-state index is 0.267. The highest BCUT2D eigenvalue weighted by molar-refractivity contribution is 5.16. The molecule has 0 atom stereocenters. The molecule has 1 nitrogen and oxygen atoms in total. The highest BCUT2D eigenvalue weighted by Gasteiger charge is 2.01. The molecule has 0 aliphatic heterocycles. The van der Waals surface area contributed by atoms with Gasteiger partial charge in [0.05, 0.1) is 13.2 Å². The van der Waals surface area contributed by atoms with E-state index in [2.05, 4.69) is 6.58 Å². The van der Waals surface area contributed by atoms with Gasteiger partial charge in [-0.1, -0.05) is 12.1 Å². The molecule has 13 heavy (non-hydrogen) atoms. The maximum atomic E-state index is 12.6. The van der Waals surface area contributed by atoms with Gasteiger partial charge in [-0.2, -0.15) is 0 Å². The zero-order valence-corrected chi connectivity index (χ0v) is 7.09. The molecule has 0 bridgehead atoms. The van der Waals surface area contributed by atoms with E-state index >= 15 is 0 Å². The van der Waals surface area contributed by atoms with Gasteiger partial charge in [-0.3, -0.25) is 0 Å². The molecule has 0 saturated heterocycles. The van der Waals surface area contributed by atoms with Crippen LogP contribution in [-0.2, 0) is 11.3 Å². The van der Waals surface area contributed by atoms with Crippen LogP contribution < -0.4 is 0 Å². The number of benzene rings is 1. The Morgan fingerprint density at radius 3 is 2.69 bits per heavy atom. The second kappa shape index (κ2) is 4.72. The quantitative estimate of drug-likeness (QED) is 0.516. The van der Waals surface area contributed by atoms with Gasteiger partial charge in [-0.25, -0.2) is 8.78 Å². The first-order valence-electron chi connectivity index (χ1n) is 3.86. The molecule has 0 unspecified atom stereocenters. The second-order valence-electron chi connectivity index (χ2n) is 2.55. The van der Waals surface area contributed by atoms with Crippen molar-refractivity contribution in [3.63, 3.8) is 0 Å². The van der Waals surface area contributed by atoms with Crippen molar-refractivity contribution in [2.45, 2.75) is 6.61 Å². The zero-order chi connectivity index (χ0) is 9.68.